The fourth-order valence-corrected chi connectivity index (χ4v) is 1.47. The lowest BCUT2D eigenvalue weighted by Gasteiger charge is -1.97. The van der Waals surface area contributed by atoms with Crippen LogP contribution in [0.3, 0.4) is 0 Å². The van der Waals surface area contributed by atoms with Crippen molar-refractivity contribution < 1.29 is 0 Å². The van der Waals surface area contributed by atoms with Gasteiger partial charge in [0, 0.05) is 0 Å². The summed E-state index contributed by atoms with van der Waals surface area (Å²) in [5.74, 6) is 0. The van der Waals surface area contributed by atoms with Crippen molar-refractivity contribution in [2.75, 3.05) is 0 Å². The molecule has 0 rings (SSSR count). The summed E-state index contributed by atoms with van der Waals surface area (Å²) in [4.78, 5) is 0. The number of hydrogen-bond acceptors (Lipinski definition) is 0. The van der Waals surface area contributed by atoms with Crippen molar-refractivity contribution in [1.29, 1.82) is 0 Å². The molecule has 0 amide bonds. The van der Waals surface area contributed by atoms with Crippen LogP contribution in [0, 0.1) is 0 Å². The SMILES string of the molecule is CC=CC/C=C\CCCCCCCC. The predicted molar refractivity (Wildman–Crippen MR) is 66.6 cm³/mol. The largest absolute Gasteiger partial charge is 0.0914 e. The van der Waals surface area contributed by atoms with E-state index in [0.29, 0.717) is 0 Å². The Morgan fingerprint density at radius 2 is 1.50 bits per heavy atom. The number of hydrogen-bond donors (Lipinski definition) is 0. The quantitative estimate of drug-likeness (QED) is 0.347. The predicted octanol–water partition coefficient (Wildman–Crippen LogP) is 5.26. The molecule has 0 saturated carbocycles. The molecule has 0 unspecified atom stereocenters. The standard InChI is InChI=1S/C14H26/c1-3-5-7-9-11-13-14-12-10-8-6-4-2/h3,5,9,11H,4,6-8,10,12-14H2,1-2H3/b5-3?,11-9-. The maximum absolute atomic E-state index is 2.32. The van der Waals surface area contributed by atoms with Gasteiger partial charge in [-0.3, -0.25) is 0 Å². The lowest BCUT2D eigenvalue weighted by Crippen LogP contribution is -1.77. The van der Waals surface area contributed by atoms with Gasteiger partial charge in [-0.1, -0.05) is 63.3 Å². The molecule has 0 nitrogen and oxygen atoms in total. The van der Waals surface area contributed by atoms with E-state index in [1.165, 1.54) is 44.9 Å². The van der Waals surface area contributed by atoms with Crippen LogP contribution in [0.4, 0.5) is 0 Å². The lowest BCUT2D eigenvalue weighted by atomic mass is 10.1. The molecule has 0 aromatic carbocycles. The van der Waals surface area contributed by atoms with Crippen molar-refractivity contribution in [2.24, 2.45) is 0 Å². The van der Waals surface area contributed by atoms with E-state index in [1.807, 2.05) is 0 Å². The molecule has 0 aliphatic carbocycles. The van der Waals surface area contributed by atoms with Crippen LogP contribution in [0.1, 0.15) is 65.2 Å². The topological polar surface area (TPSA) is 0 Å². The minimum absolute atomic E-state index is 1.10. The van der Waals surface area contributed by atoms with E-state index in [0.717, 1.165) is 6.42 Å². The molecule has 0 aromatic heterocycles. The summed E-state index contributed by atoms with van der Waals surface area (Å²) in [5, 5.41) is 0. The minimum Gasteiger partial charge on any atom is -0.0914 e. The number of unbranched alkanes of at least 4 members (excludes halogenated alkanes) is 6. The third-order valence-electron chi connectivity index (χ3n) is 2.40. The van der Waals surface area contributed by atoms with Crippen molar-refractivity contribution in [1.82, 2.24) is 0 Å². The van der Waals surface area contributed by atoms with Crippen LogP contribution in [0.5, 0.6) is 0 Å². The monoisotopic (exact) mass is 194 g/mol. The molecule has 0 spiro atoms. The zero-order valence-electron chi connectivity index (χ0n) is 9.97. The highest BCUT2D eigenvalue weighted by Crippen LogP contribution is 2.07. The zero-order chi connectivity index (χ0) is 10.5. The third kappa shape index (κ3) is 11.5. The number of rotatable bonds is 9. The van der Waals surface area contributed by atoms with Crippen LogP contribution in [0.15, 0.2) is 24.3 Å². The Morgan fingerprint density at radius 1 is 0.786 bits per heavy atom. The first-order valence-electron chi connectivity index (χ1n) is 6.18. The Balaban J connectivity index is 3.01. The molecule has 0 heteroatoms. The van der Waals surface area contributed by atoms with E-state index in [9.17, 15) is 0 Å². The molecule has 0 fully saturated rings. The highest BCUT2D eigenvalue weighted by Gasteiger charge is 1.87. The second-order valence-electron chi connectivity index (χ2n) is 3.83. The Hall–Kier alpha value is -0.520. The molecule has 0 radical (unpaired) electrons. The van der Waals surface area contributed by atoms with E-state index < -0.39 is 0 Å². The van der Waals surface area contributed by atoms with Crippen molar-refractivity contribution in [2.45, 2.75) is 65.2 Å². The second-order valence-corrected chi connectivity index (χ2v) is 3.83. The minimum atomic E-state index is 1.10. The van der Waals surface area contributed by atoms with Crippen LogP contribution in [-0.4, -0.2) is 0 Å². The Labute approximate surface area is 90.1 Å². The molecule has 0 aromatic rings. The fraction of sp³-hybridized carbons (Fsp3) is 0.714. The van der Waals surface area contributed by atoms with E-state index in [1.54, 1.807) is 0 Å². The Kier molecular flexibility index (Phi) is 12.0. The van der Waals surface area contributed by atoms with Gasteiger partial charge in [0.1, 0.15) is 0 Å². The summed E-state index contributed by atoms with van der Waals surface area (Å²) in [7, 11) is 0. The normalized spacial score (nSPS) is 11.9. The highest BCUT2D eigenvalue weighted by atomic mass is 13.9. The Bertz CT molecular complexity index is 142. The van der Waals surface area contributed by atoms with Gasteiger partial charge in [0.2, 0.25) is 0 Å². The van der Waals surface area contributed by atoms with Crippen LogP contribution in [0.25, 0.3) is 0 Å². The first-order chi connectivity index (χ1) is 6.91. The summed E-state index contributed by atoms with van der Waals surface area (Å²) in [6.07, 6.45) is 19.7. The maximum atomic E-state index is 2.32. The molecule has 0 bridgehead atoms. The van der Waals surface area contributed by atoms with Crippen molar-refractivity contribution in [3.63, 3.8) is 0 Å². The zero-order valence-corrected chi connectivity index (χ0v) is 9.97. The van der Waals surface area contributed by atoms with Crippen LogP contribution in [-0.2, 0) is 0 Å². The summed E-state index contributed by atoms with van der Waals surface area (Å²) in [5.41, 5.74) is 0. The van der Waals surface area contributed by atoms with Gasteiger partial charge < -0.3 is 0 Å². The van der Waals surface area contributed by atoms with Gasteiger partial charge in [-0.05, 0) is 26.2 Å². The van der Waals surface area contributed by atoms with Gasteiger partial charge in [-0.25, -0.2) is 0 Å². The second kappa shape index (κ2) is 12.5. The smallest absolute Gasteiger partial charge is 0.0169 e. The highest BCUT2D eigenvalue weighted by molar-refractivity contribution is 4.91. The molecule has 0 aliphatic heterocycles. The molecule has 0 N–H and O–H groups in total. The average molecular weight is 194 g/mol. The Morgan fingerprint density at radius 3 is 2.21 bits per heavy atom. The first kappa shape index (κ1) is 13.5. The van der Waals surface area contributed by atoms with E-state index in [4.69, 9.17) is 0 Å². The summed E-state index contributed by atoms with van der Waals surface area (Å²) in [6.45, 7) is 4.34. The molecule has 0 aliphatic rings. The van der Waals surface area contributed by atoms with Crippen molar-refractivity contribution in [3.05, 3.63) is 24.3 Å². The van der Waals surface area contributed by atoms with Gasteiger partial charge >= 0.3 is 0 Å². The molecule has 0 saturated heterocycles. The number of allylic oxidation sites excluding steroid dienone is 4. The molecule has 0 heterocycles. The van der Waals surface area contributed by atoms with Crippen LogP contribution >= 0.6 is 0 Å². The van der Waals surface area contributed by atoms with E-state index in [2.05, 4.69) is 38.2 Å². The van der Waals surface area contributed by atoms with Gasteiger partial charge in [0.05, 0.1) is 0 Å². The van der Waals surface area contributed by atoms with Gasteiger partial charge in [0.25, 0.3) is 0 Å². The molecular formula is C14H26. The van der Waals surface area contributed by atoms with Crippen LogP contribution < -0.4 is 0 Å². The molecule has 14 heavy (non-hydrogen) atoms. The fourth-order valence-electron chi connectivity index (χ4n) is 1.47. The first-order valence-corrected chi connectivity index (χ1v) is 6.18. The van der Waals surface area contributed by atoms with E-state index in [-0.39, 0.29) is 0 Å². The van der Waals surface area contributed by atoms with Crippen molar-refractivity contribution >= 4 is 0 Å². The van der Waals surface area contributed by atoms with Gasteiger partial charge in [0.15, 0.2) is 0 Å². The molecular weight excluding hydrogens is 168 g/mol. The summed E-state index contributed by atoms with van der Waals surface area (Å²) >= 11 is 0. The maximum Gasteiger partial charge on any atom is -0.0169 e. The van der Waals surface area contributed by atoms with Crippen LogP contribution in [0.2, 0.25) is 0 Å². The van der Waals surface area contributed by atoms with Crippen molar-refractivity contribution in [3.8, 4) is 0 Å². The summed E-state index contributed by atoms with van der Waals surface area (Å²) in [6, 6.07) is 0. The van der Waals surface area contributed by atoms with E-state index >= 15 is 0 Å². The third-order valence-corrected chi connectivity index (χ3v) is 2.40. The van der Waals surface area contributed by atoms with Gasteiger partial charge in [-0.2, -0.15) is 0 Å². The molecule has 0 atom stereocenters. The molecule has 82 valence electrons. The average Bonchev–Trinajstić information content (AvgIpc) is 2.21. The lowest BCUT2D eigenvalue weighted by molar-refractivity contribution is 0.611. The summed E-state index contributed by atoms with van der Waals surface area (Å²) < 4.78 is 0. The van der Waals surface area contributed by atoms with Gasteiger partial charge in [-0.15, -0.1) is 0 Å².